The molecule has 0 aromatic heterocycles. The Bertz CT molecular complexity index is 768. The van der Waals surface area contributed by atoms with Gasteiger partial charge in [-0.25, -0.2) is 0 Å². The van der Waals surface area contributed by atoms with E-state index in [-0.39, 0.29) is 5.91 Å². The van der Waals surface area contributed by atoms with Crippen molar-refractivity contribution in [1.82, 2.24) is 10.2 Å². The minimum absolute atomic E-state index is 0.130. The van der Waals surface area contributed by atoms with Crippen LogP contribution in [-0.2, 0) is 11.3 Å². The molecule has 3 rings (SSSR count). The summed E-state index contributed by atoms with van der Waals surface area (Å²) in [5.41, 5.74) is 2.05. The van der Waals surface area contributed by atoms with Gasteiger partial charge >= 0.3 is 0 Å². The Kier molecular flexibility index (Phi) is 6.93. The molecule has 5 nitrogen and oxygen atoms in total. The monoisotopic (exact) mass is 382 g/mol. The summed E-state index contributed by atoms with van der Waals surface area (Å²) in [4.78, 5) is 14.7. The van der Waals surface area contributed by atoms with Crippen LogP contribution in [0, 0.1) is 6.92 Å². The van der Waals surface area contributed by atoms with Crippen molar-refractivity contribution in [1.29, 1.82) is 0 Å². The second kappa shape index (κ2) is 9.60. The van der Waals surface area contributed by atoms with Gasteiger partial charge < -0.3 is 19.7 Å². The molecule has 0 bridgehead atoms. The van der Waals surface area contributed by atoms with Gasteiger partial charge in [-0.15, -0.1) is 0 Å². The van der Waals surface area contributed by atoms with Gasteiger partial charge in [0.25, 0.3) is 5.91 Å². The van der Waals surface area contributed by atoms with E-state index in [0.29, 0.717) is 12.6 Å². The largest absolute Gasteiger partial charge is 0.490 e. The molecule has 0 saturated carbocycles. The number of carbonyl (C=O) groups is 1. The van der Waals surface area contributed by atoms with Gasteiger partial charge in [-0.1, -0.05) is 30.3 Å². The molecule has 0 spiro atoms. The highest BCUT2D eigenvalue weighted by Crippen LogP contribution is 2.20. The Morgan fingerprint density at radius 1 is 1.14 bits per heavy atom. The summed E-state index contributed by atoms with van der Waals surface area (Å²) in [6.45, 7) is 6.36. The van der Waals surface area contributed by atoms with E-state index in [2.05, 4.69) is 17.3 Å². The first-order chi connectivity index (χ1) is 13.5. The molecule has 1 N–H and O–H groups in total. The predicted octanol–water partition coefficient (Wildman–Crippen LogP) is 3.55. The molecule has 0 unspecified atom stereocenters. The van der Waals surface area contributed by atoms with Crippen LogP contribution in [-0.4, -0.2) is 43.2 Å². The first-order valence-electron chi connectivity index (χ1n) is 9.95. The Morgan fingerprint density at radius 2 is 1.82 bits per heavy atom. The van der Waals surface area contributed by atoms with Crippen molar-refractivity contribution < 1.29 is 14.3 Å². The van der Waals surface area contributed by atoms with Gasteiger partial charge in [0.15, 0.2) is 6.10 Å². The highest BCUT2D eigenvalue weighted by Gasteiger charge is 2.18. The molecule has 1 aliphatic heterocycles. The lowest BCUT2D eigenvalue weighted by molar-refractivity contribution is -0.127. The third kappa shape index (κ3) is 5.73. The quantitative estimate of drug-likeness (QED) is 0.796. The third-order valence-corrected chi connectivity index (χ3v) is 5.13. The zero-order valence-corrected chi connectivity index (χ0v) is 17.0. The van der Waals surface area contributed by atoms with Gasteiger partial charge in [-0.2, -0.15) is 0 Å². The fraction of sp³-hybridized carbons (Fsp3) is 0.435. The number of hydrogen-bond donors (Lipinski definition) is 1. The maximum atomic E-state index is 12.3. The van der Waals surface area contributed by atoms with Gasteiger partial charge in [0.1, 0.15) is 17.6 Å². The number of likely N-dealkylation sites (tertiary alicyclic amines) is 1. The number of nitrogens with one attached hydrogen (secondary N) is 1. The summed E-state index contributed by atoms with van der Waals surface area (Å²) < 4.78 is 11.8. The van der Waals surface area contributed by atoms with Crippen molar-refractivity contribution >= 4 is 5.91 Å². The summed E-state index contributed by atoms with van der Waals surface area (Å²) >= 11 is 0. The highest BCUT2D eigenvalue weighted by molar-refractivity contribution is 5.80. The van der Waals surface area contributed by atoms with Crippen LogP contribution in [0.25, 0.3) is 0 Å². The lowest BCUT2D eigenvalue weighted by atomic mass is 10.1. The van der Waals surface area contributed by atoms with E-state index in [1.807, 2.05) is 55.5 Å². The smallest absolute Gasteiger partial charge is 0.261 e. The molecule has 2 aromatic rings. The molecular formula is C23H30N2O3. The van der Waals surface area contributed by atoms with Crippen LogP contribution < -0.4 is 14.8 Å². The predicted molar refractivity (Wildman–Crippen MR) is 111 cm³/mol. The zero-order valence-electron chi connectivity index (χ0n) is 17.0. The topological polar surface area (TPSA) is 50.8 Å². The number of rotatable bonds is 7. The van der Waals surface area contributed by atoms with Crippen LogP contribution in [0.1, 0.15) is 30.9 Å². The molecule has 1 saturated heterocycles. The lowest BCUT2D eigenvalue weighted by Gasteiger charge is -2.29. The molecule has 1 fully saturated rings. The number of para-hydroxylation sites is 1. The van der Waals surface area contributed by atoms with Crippen molar-refractivity contribution in [2.75, 3.05) is 20.1 Å². The number of piperidine rings is 1. The molecule has 1 heterocycles. The summed E-state index contributed by atoms with van der Waals surface area (Å²) in [5, 5.41) is 2.93. The molecule has 0 radical (unpaired) electrons. The first kappa shape index (κ1) is 20.2. The molecule has 0 aliphatic carbocycles. The number of amides is 1. The van der Waals surface area contributed by atoms with E-state index in [1.54, 1.807) is 6.92 Å². The van der Waals surface area contributed by atoms with Crippen LogP contribution in [0.5, 0.6) is 11.5 Å². The van der Waals surface area contributed by atoms with Gasteiger partial charge in [0.2, 0.25) is 0 Å². The molecule has 2 aromatic carbocycles. The molecule has 1 amide bonds. The second-order valence-corrected chi connectivity index (χ2v) is 7.51. The molecule has 5 heteroatoms. The Morgan fingerprint density at radius 3 is 2.50 bits per heavy atom. The summed E-state index contributed by atoms with van der Waals surface area (Å²) in [5.74, 6) is 1.50. The minimum Gasteiger partial charge on any atom is -0.490 e. The number of nitrogens with zero attached hydrogens (tertiary/aromatic N) is 1. The standard InChI is InChI=1S/C23H30N2O3/c1-17-6-4-5-7-22(17)27-18(2)23(26)24-16-19-8-10-20(11-9-19)28-21-12-14-25(3)15-13-21/h4-11,18,21H,12-16H2,1-3H3,(H,24,26)/t18-/m0/s1. The second-order valence-electron chi connectivity index (χ2n) is 7.51. The number of aryl methyl sites for hydroxylation is 1. The maximum absolute atomic E-state index is 12.3. The van der Waals surface area contributed by atoms with Gasteiger partial charge in [-0.3, -0.25) is 4.79 Å². The van der Waals surface area contributed by atoms with E-state index in [4.69, 9.17) is 9.47 Å². The highest BCUT2D eigenvalue weighted by atomic mass is 16.5. The number of benzene rings is 2. The van der Waals surface area contributed by atoms with Crippen molar-refractivity contribution in [2.45, 2.75) is 45.4 Å². The van der Waals surface area contributed by atoms with Gasteiger partial charge in [0.05, 0.1) is 0 Å². The van der Waals surface area contributed by atoms with Crippen LogP contribution in [0.4, 0.5) is 0 Å². The van der Waals surface area contributed by atoms with Crippen LogP contribution >= 0.6 is 0 Å². The fourth-order valence-corrected chi connectivity index (χ4v) is 3.25. The van der Waals surface area contributed by atoms with E-state index in [0.717, 1.165) is 48.6 Å². The van der Waals surface area contributed by atoms with Crippen LogP contribution in [0.15, 0.2) is 48.5 Å². The normalized spacial score (nSPS) is 16.4. The summed E-state index contributed by atoms with van der Waals surface area (Å²) in [7, 11) is 2.15. The van der Waals surface area contributed by atoms with Gasteiger partial charge in [0, 0.05) is 19.6 Å². The van der Waals surface area contributed by atoms with Crippen LogP contribution in [0.2, 0.25) is 0 Å². The lowest BCUT2D eigenvalue weighted by Crippen LogP contribution is -2.36. The first-order valence-corrected chi connectivity index (χ1v) is 9.95. The van der Waals surface area contributed by atoms with Crippen molar-refractivity contribution in [3.63, 3.8) is 0 Å². The van der Waals surface area contributed by atoms with E-state index in [1.165, 1.54) is 0 Å². The molecule has 28 heavy (non-hydrogen) atoms. The molecule has 1 aliphatic rings. The molecule has 150 valence electrons. The van der Waals surface area contributed by atoms with Crippen molar-refractivity contribution in [3.05, 3.63) is 59.7 Å². The van der Waals surface area contributed by atoms with E-state index < -0.39 is 6.10 Å². The third-order valence-electron chi connectivity index (χ3n) is 5.13. The zero-order chi connectivity index (χ0) is 19.9. The molecular weight excluding hydrogens is 352 g/mol. The fourth-order valence-electron chi connectivity index (χ4n) is 3.25. The Balaban J connectivity index is 1.45. The maximum Gasteiger partial charge on any atom is 0.261 e. The Hall–Kier alpha value is -2.53. The van der Waals surface area contributed by atoms with Crippen molar-refractivity contribution in [2.24, 2.45) is 0 Å². The summed E-state index contributed by atoms with van der Waals surface area (Å²) in [6, 6.07) is 15.7. The van der Waals surface area contributed by atoms with E-state index >= 15 is 0 Å². The van der Waals surface area contributed by atoms with Crippen LogP contribution in [0.3, 0.4) is 0 Å². The number of hydrogen-bond acceptors (Lipinski definition) is 4. The van der Waals surface area contributed by atoms with Crippen molar-refractivity contribution in [3.8, 4) is 11.5 Å². The Labute approximate surface area is 167 Å². The number of carbonyl (C=O) groups excluding carboxylic acids is 1. The number of ether oxygens (including phenoxy) is 2. The van der Waals surface area contributed by atoms with Gasteiger partial charge in [-0.05, 0) is 63.1 Å². The average Bonchev–Trinajstić information content (AvgIpc) is 2.70. The average molecular weight is 383 g/mol. The minimum atomic E-state index is -0.548. The van der Waals surface area contributed by atoms with E-state index in [9.17, 15) is 4.79 Å². The summed E-state index contributed by atoms with van der Waals surface area (Å²) in [6.07, 6.45) is 1.87. The SMILES string of the molecule is Cc1ccccc1O[C@@H](C)C(=O)NCc1ccc(OC2CCN(C)CC2)cc1. The molecule has 1 atom stereocenters.